The Morgan fingerprint density at radius 1 is 1.41 bits per heavy atom. The lowest BCUT2D eigenvalue weighted by atomic mass is 10.2. The molecular formula is C12H10Cl2N2O. The van der Waals surface area contributed by atoms with Crippen molar-refractivity contribution in [2.45, 2.75) is 13.3 Å². The number of nitrogens with one attached hydrogen (secondary N) is 1. The quantitative estimate of drug-likeness (QED) is 0.822. The fourth-order valence-corrected chi connectivity index (χ4v) is 1.91. The van der Waals surface area contributed by atoms with Crippen molar-refractivity contribution >= 4 is 41.0 Å². The highest BCUT2D eigenvalue weighted by Crippen LogP contribution is 2.24. The van der Waals surface area contributed by atoms with Gasteiger partial charge < -0.3 is 5.32 Å². The van der Waals surface area contributed by atoms with Crippen LogP contribution in [0.2, 0.25) is 10.0 Å². The zero-order chi connectivity index (χ0) is 12.4. The van der Waals surface area contributed by atoms with Crippen molar-refractivity contribution in [2.24, 2.45) is 4.99 Å². The summed E-state index contributed by atoms with van der Waals surface area (Å²) in [6.45, 7) is 1.93. The number of amides is 1. The van der Waals surface area contributed by atoms with Crippen LogP contribution in [-0.2, 0) is 4.79 Å². The van der Waals surface area contributed by atoms with Gasteiger partial charge in [-0.3, -0.25) is 4.79 Å². The second-order valence-electron chi connectivity index (χ2n) is 3.56. The summed E-state index contributed by atoms with van der Waals surface area (Å²) in [4.78, 5) is 15.7. The highest BCUT2D eigenvalue weighted by molar-refractivity contribution is 6.35. The average Bonchev–Trinajstić information content (AvgIpc) is 2.64. The fourth-order valence-electron chi connectivity index (χ4n) is 1.45. The number of benzene rings is 1. The van der Waals surface area contributed by atoms with Crippen molar-refractivity contribution in [3.05, 3.63) is 39.5 Å². The van der Waals surface area contributed by atoms with E-state index in [0.717, 1.165) is 5.56 Å². The van der Waals surface area contributed by atoms with Gasteiger partial charge in [-0.2, -0.15) is 0 Å². The maximum atomic E-state index is 11.6. The molecule has 0 fully saturated rings. The summed E-state index contributed by atoms with van der Waals surface area (Å²) in [5, 5.41) is 3.74. The summed E-state index contributed by atoms with van der Waals surface area (Å²) in [6, 6.07) is 5.11. The highest BCUT2D eigenvalue weighted by Gasteiger charge is 2.18. The van der Waals surface area contributed by atoms with Gasteiger partial charge in [0.25, 0.3) is 5.91 Å². The molecular weight excluding hydrogens is 259 g/mol. The smallest absolute Gasteiger partial charge is 0.275 e. The van der Waals surface area contributed by atoms with Crippen molar-refractivity contribution in [2.75, 3.05) is 0 Å². The van der Waals surface area contributed by atoms with Gasteiger partial charge in [0.2, 0.25) is 0 Å². The van der Waals surface area contributed by atoms with Crippen LogP contribution in [0.15, 0.2) is 28.9 Å². The summed E-state index contributed by atoms with van der Waals surface area (Å²) in [5.41, 5.74) is 1.09. The Kier molecular flexibility index (Phi) is 3.50. The predicted octanol–water partition coefficient (Wildman–Crippen LogP) is 3.27. The maximum Gasteiger partial charge on any atom is 0.275 e. The minimum absolute atomic E-state index is 0.201. The van der Waals surface area contributed by atoms with Crippen molar-refractivity contribution in [1.82, 2.24) is 5.32 Å². The van der Waals surface area contributed by atoms with Gasteiger partial charge in [0, 0.05) is 16.5 Å². The van der Waals surface area contributed by atoms with E-state index in [0.29, 0.717) is 28.0 Å². The third-order valence-electron chi connectivity index (χ3n) is 2.34. The molecule has 1 amide bonds. The van der Waals surface area contributed by atoms with Crippen molar-refractivity contribution in [3.63, 3.8) is 0 Å². The van der Waals surface area contributed by atoms with E-state index in [1.165, 1.54) is 0 Å². The number of amidine groups is 1. The first-order valence-electron chi connectivity index (χ1n) is 5.16. The molecule has 0 bridgehead atoms. The van der Waals surface area contributed by atoms with Crippen molar-refractivity contribution < 1.29 is 4.79 Å². The third kappa shape index (κ3) is 2.68. The van der Waals surface area contributed by atoms with Crippen LogP contribution in [0.3, 0.4) is 0 Å². The molecule has 0 saturated heterocycles. The van der Waals surface area contributed by atoms with Gasteiger partial charge in [-0.25, -0.2) is 4.99 Å². The molecule has 0 unspecified atom stereocenters. The molecule has 0 atom stereocenters. The number of halogens is 2. The third-order valence-corrected chi connectivity index (χ3v) is 2.90. The van der Waals surface area contributed by atoms with Crippen LogP contribution in [0.4, 0.5) is 0 Å². The Labute approximate surface area is 109 Å². The largest absolute Gasteiger partial charge is 0.309 e. The standard InChI is InChI=1S/C12H10Cl2N2O/c1-2-11-15-10(12(17)16-11)5-7-3-4-8(13)6-9(7)14/h3-6H,2H2,1H3,(H,15,16,17)/b10-5-. The van der Waals surface area contributed by atoms with E-state index in [1.54, 1.807) is 24.3 Å². The van der Waals surface area contributed by atoms with Gasteiger partial charge in [-0.15, -0.1) is 0 Å². The fraction of sp³-hybridized carbons (Fsp3) is 0.167. The average molecular weight is 269 g/mol. The monoisotopic (exact) mass is 268 g/mol. The molecule has 1 aliphatic rings. The van der Waals surface area contributed by atoms with Crippen LogP contribution < -0.4 is 5.32 Å². The molecule has 5 heteroatoms. The highest BCUT2D eigenvalue weighted by atomic mass is 35.5. The normalized spacial score (nSPS) is 17.2. The van der Waals surface area contributed by atoms with E-state index in [2.05, 4.69) is 10.3 Å². The first-order chi connectivity index (χ1) is 8.10. The lowest BCUT2D eigenvalue weighted by Gasteiger charge is -1.99. The molecule has 1 aromatic rings. The molecule has 0 saturated carbocycles. The molecule has 3 nitrogen and oxygen atoms in total. The van der Waals surface area contributed by atoms with Gasteiger partial charge in [-0.1, -0.05) is 36.2 Å². The molecule has 0 aromatic heterocycles. The van der Waals surface area contributed by atoms with Gasteiger partial charge in [0.05, 0.1) is 0 Å². The Bertz CT molecular complexity index is 535. The van der Waals surface area contributed by atoms with Crippen LogP contribution in [0.25, 0.3) is 6.08 Å². The van der Waals surface area contributed by atoms with Gasteiger partial charge in [0.15, 0.2) is 0 Å². The minimum Gasteiger partial charge on any atom is -0.309 e. The second kappa shape index (κ2) is 4.90. The van der Waals surface area contributed by atoms with Gasteiger partial charge in [-0.05, 0) is 23.8 Å². The summed E-state index contributed by atoms with van der Waals surface area (Å²) in [5.74, 6) is 0.471. The van der Waals surface area contributed by atoms with Crippen LogP contribution >= 0.6 is 23.2 Å². The summed E-state index contributed by atoms with van der Waals surface area (Å²) in [7, 11) is 0. The van der Waals surface area contributed by atoms with Crippen LogP contribution in [0.5, 0.6) is 0 Å². The zero-order valence-corrected chi connectivity index (χ0v) is 10.6. The molecule has 1 N–H and O–H groups in total. The molecule has 0 aliphatic carbocycles. The van der Waals surface area contributed by atoms with Crippen LogP contribution in [0, 0.1) is 0 Å². The number of hydrogen-bond acceptors (Lipinski definition) is 2. The van der Waals surface area contributed by atoms with Gasteiger partial charge >= 0.3 is 0 Å². The first kappa shape index (κ1) is 12.1. The molecule has 1 aliphatic heterocycles. The van der Waals surface area contributed by atoms with E-state index >= 15 is 0 Å². The predicted molar refractivity (Wildman–Crippen MR) is 70.3 cm³/mol. The lowest BCUT2D eigenvalue weighted by Crippen LogP contribution is -2.22. The second-order valence-corrected chi connectivity index (χ2v) is 4.41. The lowest BCUT2D eigenvalue weighted by molar-refractivity contribution is -0.115. The molecule has 17 heavy (non-hydrogen) atoms. The van der Waals surface area contributed by atoms with E-state index in [-0.39, 0.29) is 5.91 Å². The van der Waals surface area contributed by atoms with Crippen LogP contribution in [-0.4, -0.2) is 11.7 Å². The number of rotatable bonds is 2. The molecule has 0 radical (unpaired) electrons. The summed E-state index contributed by atoms with van der Waals surface area (Å²) in [6.07, 6.45) is 2.34. The van der Waals surface area contributed by atoms with E-state index in [9.17, 15) is 4.79 Å². The van der Waals surface area contributed by atoms with E-state index in [1.807, 2.05) is 6.92 Å². The molecule has 2 rings (SSSR count). The summed E-state index contributed by atoms with van der Waals surface area (Å²) >= 11 is 11.8. The number of aliphatic imine (C=N–C) groups is 1. The topological polar surface area (TPSA) is 41.5 Å². The molecule has 1 aromatic carbocycles. The minimum atomic E-state index is -0.201. The SMILES string of the molecule is CCC1=N/C(=C\c2ccc(Cl)cc2Cl)C(=O)N1. The van der Waals surface area contributed by atoms with Crippen molar-refractivity contribution in [1.29, 1.82) is 0 Å². The number of hydrogen-bond donors (Lipinski definition) is 1. The summed E-state index contributed by atoms with van der Waals surface area (Å²) < 4.78 is 0. The zero-order valence-electron chi connectivity index (χ0n) is 9.13. The number of nitrogens with zero attached hydrogens (tertiary/aromatic N) is 1. The Morgan fingerprint density at radius 2 is 2.18 bits per heavy atom. The van der Waals surface area contributed by atoms with E-state index < -0.39 is 0 Å². The van der Waals surface area contributed by atoms with Crippen molar-refractivity contribution in [3.8, 4) is 0 Å². The first-order valence-corrected chi connectivity index (χ1v) is 5.91. The number of carbonyl (C=O) groups is 1. The Balaban J connectivity index is 2.36. The Morgan fingerprint density at radius 3 is 2.76 bits per heavy atom. The van der Waals surface area contributed by atoms with Gasteiger partial charge in [0.1, 0.15) is 11.5 Å². The Hall–Kier alpha value is -1.32. The maximum absolute atomic E-state index is 11.6. The molecule has 88 valence electrons. The number of carbonyl (C=O) groups excluding carboxylic acids is 1. The molecule has 1 heterocycles. The van der Waals surface area contributed by atoms with Crippen LogP contribution in [0.1, 0.15) is 18.9 Å². The van der Waals surface area contributed by atoms with E-state index in [4.69, 9.17) is 23.2 Å². The molecule has 0 spiro atoms.